The Morgan fingerprint density at radius 1 is 1.07 bits per heavy atom. The highest BCUT2D eigenvalue weighted by Crippen LogP contribution is 2.32. The summed E-state index contributed by atoms with van der Waals surface area (Å²) in [4.78, 5) is 41.4. The number of anilines is 2. The molecule has 0 saturated heterocycles. The molecule has 0 atom stereocenters. The molecule has 9 heteroatoms. The normalized spacial score (nSPS) is 12.4. The van der Waals surface area contributed by atoms with Crippen LogP contribution in [0.4, 0.5) is 17.1 Å². The number of rotatable bonds is 4. The topological polar surface area (TPSA) is 105 Å². The van der Waals surface area contributed by atoms with E-state index in [1.165, 1.54) is 12.1 Å². The van der Waals surface area contributed by atoms with E-state index in [-0.39, 0.29) is 22.2 Å². The summed E-state index contributed by atoms with van der Waals surface area (Å²) in [7, 11) is 0. The molecule has 2 aromatic carbocycles. The van der Waals surface area contributed by atoms with Crippen molar-refractivity contribution in [3.05, 3.63) is 92.8 Å². The van der Waals surface area contributed by atoms with Crippen LogP contribution in [0.15, 0.2) is 60.9 Å². The molecule has 0 aliphatic carbocycles. The van der Waals surface area contributed by atoms with Crippen LogP contribution in [0.5, 0.6) is 0 Å². The average Bonchev–Trinajstić information content (AvgIpc) is 3.17. The van der Waals surface area contributed by atoms with Crippen molar-refractivity contribution in [1.82, 2.24) is 4.98 Å². The first-order chi connectivity index (χ1) is 14.4. The van der Waals surface area contributed by atoms with Gasteiger partial charge >= 0.3 is 0 Å². The molecule has 0 spiro atoms. The first-order valence-corrected chi connectivity index (χ1v) is 9.42. The van der Waals surface area contributed by atoms with E-state index in [1.54, 1.807) is 41.6 Å². The third-order valence-electron chi connectivity index (χ3n) is 4.82. The first-order valence-electron chi connectivity index (χ1n) is 9.04. The number of nitro benzene ring substituents is 1. The zero-order valence-electron chi connectivity index (χ0n) is 15.5. The summed E-state index contributed by atoms with van der Waals surface area (Å²) in [6, 6.07) is 12.5. The van der Waals surface area contributed by atoms with E-state index in [9.17, 15) is 19.7 Å². The van der Waals surface area contributed by atoms with E-state index >= 15 is 0 Å². The van der Waals surface area contributed by atoms with Crippen molar-refractivity contribution in [2.45, 2.75) is 6.42 Å². The van der Waals surface area contributed by atoms with Gasteiger partial charge in [-0.05, 0) is 48.4 Å². The van der Waals surface area contributed by atoms with Gasteiger partial charge in [-0.3, -0.25) is 24.7 Å². The van der Waals surface area contributed by atoms with Crippen LogP contribution in [0.1, 0.15) is 26.3 Å². The zero-order chi connectivity index (χ0) is 21.3. The molecule has 150 valence electrons. The molecule has 30 heavy (non-hydrogen) atoms. The second-order valence-corrected chi connectivity index (χ2v) is 7.07. The van der Waals surface area contributed by atoms with Crippen LogP contribution < -0.4 is 10.2 Å². The monoisotopic (exact) mass is 422 g/mol. The van der Waals surface area contributed by atoms with Crippen LogP contribution in [0.2, 0.25) is 5.02 Å². The van der Waals surface area contributed by atoms with Crippen molar-refractivity contribution in [3.8, 4) is 0 Å². The van der Waals surface area contributed by atoms with Gasteiger partial charge in [0.1, 0.15) is 5.02 Å². The van der Waals surface area contributed by atoms with Crippen molar-refractivity contribution in [2.75, 3.05) is 16.8 Å². The molecular formula is C21H15ClN4O4. The van der Waals surface area contributed by atoms with Gasteiger partial charge in [-0.25, -0.2) is 0 Å². The maximum absolute atomic E-state index is 12.8. The minimum atomic E-state index is -0.642. The number of nitrogens with zero attached hydrogens (tertiary/aromatic N) is 3. The highest BCUT2D eigenvalue weighted by Gasteiger charge is 2.26. The number of amides is 2. The van der Waals surface area contributed by atoms with Crippen LogP contribution >= 0.6 is 11.6 Å². The van der Waals surface area contributed by atoms with E-state index in [2.05, 4.69) is 10.3 Å². The molecule has 8 nitrogen and oxygen atoms in total. The van der Waals surface area contributed by atoms with Gasteiger partial charge in [0.05, 0.1) is 4.92 Å². The van der Waals surface area contributed by atoms with Crippen molar-refractivity contribution >= 4 is 40.5 Å². The van der Waals surface area contributed by atoms with Gasteiger partial charge in [0.25, 0.3) is 17.5 Å². The van der Waals surface area contributed by atoms with E-state index in [0.717, 1.165) is 17.3 Å². The SMILES string of the molecule is O=C(Nc1ccc2c(c1)N(C(=O)c1ccncc1)CC2)c1ccc(Cl)c([N+](=O)[O-])c1. The molecule has 2 amide bonds. The summed E-state index contributed by atoms with van der Waals surface area (Å²) < 4.78 is 0. The van der Waals surface area contributed by atoms with Gasteiger partial charge in [0, 0.05) is 47.5 Å². The summed E-state index contributed by atoms with van der Waals surface area (Å²) in [5.41, 5.74) is 2.49. The minimum Gasteiger partial charge on any atom is -0.322 e. The summed E-state index contributed by atoms with van der Waals surface area (Å²) in [5.74, 6) is -0.660. The number of fused-ring (bicyclic) bond motifs is 1. The smallest absolute Gasteiger partial charge is 0.288 e. The Balaban J connectivity index is 1.58. The molecule has 2 heterocycles. The predicted molar refractivity (Wildman–Crippen MR) is 112 cm³/mol. The molecule has 0 bridgehead atoms. The summed E-state index contributed by atoms with van der Waals surface area (Å²) in [5, 5.41) is 13.7. The van der Waals surface area contributed by atoms with E-state index in [1.807, 2.05) is 6.07 Å². The fourth-order valence-electron chi connectivity index (χ4n) is 3.32. The fraction of sp³-hybridized carbons (Fsp3) is 0.0952. The van der Waals surface area contributed by atoms with E-state index in [4.69, 9.17) is 11.6 Å². The molecule has 0 unspecified atom stereocenters. The number of pyridine rings is 1. The zero-order valence-corrected chi connectivity index (χ0v) is 16.3. The van der Waals surface area contributed by atoms with Crippen LogP contribution in [0.25, 0.3) is 0 Å². The Labute approximate surface area is 176 Å². The summed E-state index contributed by atoms with van der Waals surface area (Å²) in [6.07, 6.45) is 3.84. The molecule has 1 aromatic heterocycles. The largest absolute Gasteiger partial charge is 0.322 e. The Hall–Kier alpha value is -3.78. The number of halogens is 1. The summed E-state index contributed by atoms with van der Waals surface area (Å²) >= 11 is 5.80. The van der Waals surface area contributed by atoms with Crippen molar-refractivity contribution in [1.29, 1.82) is 0 Å². The number of hydrogen-bond donors (Lipinski definition) is 1. The van der Waals surface area contributed by atoms with Crippen molar-refractivity contribution in [2.24, 2.45) is 0 Å². The highest BCUT2D eigenvalue weighted by molar-refractivity contribution is 6.32. The number of nitro groups is 1. The quantitative estimate of drug-likeness (QED) is 0.503. The van der Waals surface area contributed by atoms with E-state index in [0.29, 0.717) is 24.2 Å². The average molecular weight is 423 g/mol. The summed E-state index contributed by atoms with van der Waals surface area (Å²) in [6.45, 7) is 0.539. The predicted octanol–water partition coefficient (Wildman–Crippen LogP) is 4.10. The number of nitrogens with one attached hydrogen (secondary N) is 1. The molecule has 4 rings (SSSR count). The second-order valence-electron chi connectivity index (χ2n) is 6.66. The van der Waals surface area contributed by atoms with E-state index < -0.39 is 10.8 Å². The molecule has 0 saturated carbocycles. The van der Waals surface area contributed by atoms with Gasteiger partial charge in [-0.2, -0.15) is 0 Å². The molecule has 3 aromatic rings. The first kappa shape index (κ1) is 19.5. The lowest BCUT2D eigenvalue weighted by atomic mass is 10.1. The Bertz CT molecular complexity index is 1170. The van der Waals surface area contributed by atoms with Crippen LogP contribution in [-0.4, -0.2) is 28.3 Å². The molecule has 1 aliphatic rings. The van der Waals surface area contributed by atoms with Gasteiger partial charge in [-0.1, -0.05) is 17.7 Å². The fourth-order valence-corrected chi connectivity index (χ4v) is 3.50. The van der Waals surface area contributed by atoms with Crippen molar-refractivity contribution in [3.63, 3.8) is 0 Å². The van der Waals surface area contributed by atoms with Gasteiger partial charge in [0.2, 0.25) is 0 Å². The standard InChI is InChI=1S/C21H15ClN4O4/c22-17-4-2-15(11-19(17)26(29)30)20(27)24-16-3-1-13-7-10-25(18(13)12-16)21(28)14-5-8-23-9-6-14/h1-6,8-9,11-12H,7,10H2,(H,24,27). The highest BCUT2D eigenvalue weighted by atomic mass is 35.5. The molecule has 0 fully saturated rings. The lowest BCUT2D eigenvalue weighted by Crippen LogP contribution is -2.28. The van der Waals surface area contributed by atoms with Crippen molar-refractivity contribution < 1.29 is 14.5 Å². The minimum absolute atomic E-state index is 0.0423. The van der Waals surface area contributed by atoms with Gasteiger partial charge in [-0.15, -0.1) is 0 Å². The maximum Gasteiger partial charge on any atom is 0.288 e. The third kappa shape index (κ3) is 3.72. The number of carbonyl (C=O) groups is 2. The number of hydrogen-bond acceptors (Lipinski definition) is 5. The molecule has 0 radical (unpaired) electrons. The van der Waals surface area contributed by atoms with Gasteiger partial charge in [0.15, 0.2) is 0 Å². The third-order valence-corrected chi connectivity index (χ3v) is 5.14. The lowest BCUT2D eigenvalue weighted by molar-refractivity contribution is -0.384. The number of carbonyl (C=O) groups excluding carboxylic acids is 2. The van der Waals surface area contributed by atoms with Crippen LogP contribution in [0.3, 0.4) is 0 Å². The number of benzene rings is 2. The van der Waals surface area contributed by atoms with Crippen LogP contribution in [0, 0.1) is 10.1 Å². The lowest BCUT2D eigenvalue weighted by Gasteiger charge is -2.18. The Morgan fingerprint density at radius 3 is 2.57 bits per heavy atom. The second kappa shape index (κ2) is 7.92. The Kier molecular flexibility index (Phi) is 5.16. The molecule has 1 aliphatic heterocycles. The molecular weight excluding hydrogens is 408 g/mol. The number of aromatic nitrogens is 1. The maximum atomic E-state index is 12.8. The Morgan fingerprint density at radius 2 is 1.83 bits per heavy atom. The van der Waals surface area contributed by atoms with Crippen LogP contribution in [-0.2, 0) is 6.42 Å². The molecule has 1 N–H and O–H groups in total. The van der Waals surface area contributed by atoms with Gasteiger partial charge < -0.3 is 10.2 Å².